The monoisotopic (exact) mass is 301 g/mol. The second kappa shape index (κ2) is 5.90. The maximum Gasteiger partial charge on any atom is 0.335 e. The molecule has 7 heteroatoms. The molecule has 1 rings (SSSR count). The molecule has 0 amide bonds. The van der Waals surface area contributed by atoms with Gasteiger partial charge < -0.3 is 5.11 Å². The van der Waals surface area contributed by atoms with Crippen molar-refractivity contribution in [2.45, 2.75) is 44.6 Å². The van der Waals surface area contributed by atoms with Crippen molar-refractivity contribution in [3.8, 4) is 0 Å². The van der Waals surface area contributed by atoms with Gasteiger partial charge in [-0.3, -0.25) is 4.84 Å². The minimum atomic E-state index is -3.93. The Morgan fingerprint density at radius 1 is 1.35 bits per heavy atom. The van der Waals surface area contributed by atoms with Gasteiger partial charge in [0.25, 0.3) is 10.0 Å². The lowest BCUT2D eigenvalue weighted by Gasteiger charge is -2.20. The van der Waals surface area contributed by atoms with E-state index in [-0.39, 0.29) is 10.5 Å². The average molecular weight is 301 g/mol. The first-order valence-electron chi connectivity index (χ1n) is 6.13. The third-order valence-electron chi connectivity index (χ3n) is 2.44. The van der Waals surface area contributed by atoms with Crippen LogP contribution >= 0.6 is 0 Å². The van der Waals surface area contributed by atoms with Crippen LogP contribution in [0.15, 0.2) is 23.1 Å². The van der Waals surface area contributed by atoms with Gasteiger partial charge in [0.05, 0.1) is 16.1 Å². The van der Waals surface area contributed by atoms with E-state index < -0.39 is 21.6 Å². The third-order valence-corrected chi connectivity index (χ3v) is 3.70. The summed E-state index contributed by atoms with van der Waals surface area (Å²) in [7, 11) is -3.93. The van der Waals surface area contributed by atoms with Gasteiger partial charge >= 0.3 is 5.97 Å². The number of carboxylic acid groups (broad SMARTS) is 1. The van der Waals surface area contributed by atoms with Gasteiger partial charge in [0.2, 0.25) is 0 Å². The van der Waals surface area contributed by atoms with Gasteiger partial charge in [0, 0.05) is 0 Å². The molecule has 20 heavy (non-hydrogen) atoms. The number of aromatic carboxylic acids is 1. The van der Waals surface area contributed by atoms with Crippen molar-refractivity contribution in [1.29, 1.82) is 0 Å². The summed E-state index contributed by atoms with van der Waals surface area (Å²) in [4.78, 5) is 18.0. The molecule has 0 spiro atoms. The Balaban J connectivity index is 3.21. The van der Waals surface area contributed by atoms with E-state index in [1.54, 1.807) is 27.7 Å². The van der Waals surface area contributed by atoms with E-state index in [2.05, 4.69) is 0 Å². The zero-order chi connectivity index (χ0) is 15.6. The lowest BCUT2D eigenvalue weighted by molar-refractivity contribution is -0.0357. The van der Waals surface area contributed by atoms with Gasteiger partial charge in [-0.05, 0) is 44.9 Å². The molecule has 0 saturated heterocycles. The van der Waals surface area contributed by atoms with Crippen LogP contribution in [0, 0.1) is 0 Å². The second-order valence-electron chi connectivity index (χ2n) is 5.28. The maximum absolute atomic E-state index is 12.2. The number of hydrogen-bond acceptors (Lipinski definition) is 4. The summed E-state index contributed by atoms with van der Waals surface area (Å²) >= 11 is 0. The zero-order valence-electron chi connectivity index (χ0n) is 11.9. The van der Waals surface area contributed by atoms with E-state index in [0.717, 1.165) is 6.07 Å². The fourth-order valence-electron chi connectivity index (χ4n) is 1.45. The number of carbonyl (C=O) groups is 1. The molecule has 0 bridgehead atoms. The van der Waals surface area contributed by atoms with Crippen LogP contribution in [-0.2, 0) is 21.3 Å². The largest absolute Gasteiger partial charge is 0.478 e. The number of benzene rings is 1. The Labute approximate surface area is 118 Å². The Morgan fingerprint density at radius 2 is 1.95 bits per heavy atom. The van der Waals surface area contributed by atoms with Crippen molar-refractivity contribution in [2.75, 3.05) is 0 Å². The van der Waals surface area contributed by atoms with Crippen molar-refractivity contribution >= 4 is 16.0 Å². The average Bonchev–Trinajstić information content (AvgIpc) is 2.35. The molecule has 0 unspecified atom stereocenters. The fourth-order valence-corrected chi connectivity index (χ4v) is 2.74. The summed E-state index contributed by atoms with van der Waals surface area (Å²) in [6.45, 7) is 6.89. The lowest BCUT2D eigenvalue weighted by atomic mass is 10.1. The summed E-state index contributed by atoms with van der Waals surface area (Å²) in [6.07, 6.45) is 0.464. The number of sulfonamides is 1. The van der Waals surface area contributed by atoms with Crippen molar-refractivity contribution < 1.29 is 23.2 Å². The van der Waals surface area contributed by atoms with Gasteiger partial charge in [0.15, 0.2) is 0 Å². The first-order chi connectivity index (χ1) is 9.07. The standard InChI is InChI=1S/C13H19NO5S/c1-5-9-6-7-10(12(15)16)8-11(9)20(17,18)14-19-13(2,3)4/h6-8,14H,5H2,1-4H3,(H,15,16). The van der Waals surface area contributed by atoms with Crippen molar-refractivity contribution in [3.05, 3.63) is 29.3 Å². The molecule has 2 N–H and O–H groups in total. The molecule has 112 valence electrons. The molecule has 0 aliphatic heterocycles. The Bertz CT molecular complexity index is 602. The molecule has 0 radical (unpaired) electrons. The van der Waals surface area contributed by atoms with Gasteiger partial charge in [-0.15, -0.1) is 0 Å². The van der Waals surface area contributed by atoms with Crippen LogP contribution < -0.4 is 4.89 Å². The van der Waals surface area contributed by atoms with Gasteiger partial charge in [-0.1, -0.05) is 17.9 Å². The molecule has 1 aromatic rings. The number of rotatable bonds is 5. The Kier molecular flexibility index (Phi) is 4.90. The normalized spacial score (nSPS) is 12.4. The molecule has 0 aliphatic carbocycles. The predicted molar refractivity (Wildman–Crippen MR) is 73.9 cm³/mol. The molecule has 0 aliphatic rings. The number of nitrogens with one attached hydrogen (secondary N) is 1. The van der Waals surface area contributed by atoms with Crippen LogP contribution in [-0.4, -0.2) is 25.1 Å². The van der Waals surface area contributed by atoms with Gasteiger partial charge in [-0.25, -0.2) is 13.2 Å². The first kappa shape index (κ1) is 16.6. The highest BCUT2D eigenvalue weighted by Crippen LogP contribution is 2.19. The SMILES string of the molecule is CCc1ccc(C(=O)O)cc1S(=O)(=O)NOC(C)(C)C. The fraction of sp³-hybridized carbons (Fsp3) is 0.462. The van der Waals surface area contributed by atoms with E-state index >= 15 is 0 Å². The summed E-state index contributed by atoms with van der Waals surface area (Å²) in [6, 6.07) is 4.01. The quantitative estimate of drug-likeness (QED) is 0.811. The molecular formula is C13H19NO5S. The van der Waals surface area contributed by atoms with E-state index in [4.69, 9.17) is 9.94 Å². The molecule has 0 saturated carbocycles. The van der Waals surface area contributed by atoms with Gasteiger partial charge in [0.1, 0.15) is 0 Å². The Morgan fingerprint density at radius 3 is 2.40 bits per heavy atom. The predicted octanol–water partition coefficient (Wildman–Crippen LogP) is 1.96. The van der Waals surface area contributed by atoms with Crippen LogP contribution in [0.5, 0.6) is 0 Å². The Hall–Kier alpha value is -1.44. The topological polar surface area (TPSA) is 92.7 Å². The summed E-state index contributed by atoms with van der Waals surface area (Å²) in [5.74, 6) is -1.18. The van der Waals surface area contributed by atoms with E-state index in [1.807, 2.05) is 4.89 Å². The third kappa shape index (κ3) is 4.29. The number of hydrogen-bond donors (Lipinski definition) is 2. The summed E-state index contributed by atoms with van der Waals surface area (Å²) in [5, 5.41) is 8.95. The smallest absolute Gasteiger partial charge is 0.335 e. The zero-order valence-corrected chi connectivity index (χ0v) is 12.7. The molecule has 0 atom stereocenters. The molecule has 0 fully saturated rings. The van der Waals surface area contributed by atoms with E-state index in [1.165, 1.54) is 12.1 Å². The van der Waals surface area contributed by atoms with Crippen molar-refractivity contribution in [3.63, 3.8) is 0 Å². The first-order valence-corrected chi connectivity index (χ1v) is 7.61. The molecule has 6 nitrogen and oxygen atoms in total. The van der Waals surface area contributed by atoms with E-state index in [9.17, 15) is 13.2 Å². The minimum Gasteiger partial charge on any atom is -0.478 e. The highest BCUT2D eigenvalue weighted by Gasteiger charge is 2.23. The van der Waals surface area contributed by atoms with Gasteiger partial charge in [-0.2, -0.15) is 0 Å². The highest BCUT2D eigenvalue weighted by molar-refractivity contribution is 7.89. The minimum absolute atomic E-state index is 0.0795. The second-order valence-corrected chi connectivity index (χ2v) is 6.90. The maximum atomic E-state index is 12.2. The van der Waals surface area contributed by atoms with Crippen LogP contribution in [0.4, 0.5) is 0 Å². The summed E-state index contributed by atoms with van der Waals surface area (Å²) in [5.41, 5.74) is -0.248. The molecule has 0 heterocycles. The molecule has 0 aromatic heterocycles. The lowest BCUT2D eigenvalue weighted by Crippen LogP contribution is -2.34. The number of aryl methyl sites for hydroxylation is 1. The van der Waals surface area contributed by atoms with Crippen LogP contribution in [0.25, 0.3) is 0 Å². The van der Waals surface area contributed by atoms with Crippen LogP contribution in [0.3, 0.4) is 0 Å². The van der Waals surface area contributed by atoms with Crippen molar-refractivity contribution in [1.82, 2.24) is 4.89 Å². The van der Waals surface area contributed by atoms with Crippen LogP contribution in [0.2, 0.25) is 0 Å². The molecule has 1 aromatic carbocycles. The van der Waals surface area contributed by atoms with E-state index in [0.29, 0.717) is 12.0 Å². The summed E-state index contributed by atoms with van der Waals surface area (Å²) < 4.78 is 24.4. The van der Waals surface area contributed by atoms with Crippen molar-refractivity contribution in [2.24, 2.45) is 0 Å². The highest BCUT2D eigenvalue weighted by atomic mass is 32.2. The molecular weight excluding hydrogens is 282 g/mol. The van der Waals surface area contributed by atoms with Crippen LogP contribution in [0.1, 0.15) is 43.6 Å². The number of carboxylic acids is 1.